The van der Waals surface area contributed by atoms with Crippen LogP contribution in [0, 0.1) is 6.57 Å². The molecule has 2 heterocycles. The third kappa shape index (κ3) is 6.28. The molecule has 41 heavy (non-hydrogen) atoms. The molecule has 0 aliphatic carbocycles. The summed E-state index contributed by atoms with van der Waals surface area (Å²) in [6.07, 6.45) is -9.11. The zero-order valence-corrected chi connectivity index (χ0v) is 21.2. The van der Waals surface area contributed by atoms with Gasteiger partial charge in [0.05, 0.1) is 24.2 Å². The number of anilines is 2. The van der Waals surface area contributed by atoms with Gasteiger partial charge in [0.1, 0.15) is 5.52 Å². The molecule has 1 amide bonds. The Morgan fingerprint density at radius 2 is 1.59 bits per heavy atom. The molecule has 0 spiro atoms. The lowest BCUT2D eigenvalue weighted by Gasteiger charge is -2.35. The molecule has 1 aromatic heterocycles. The highest BCUT2D eigenvalue weighted by Crippen LogP contribution is 2.39. The lowest BCUT2D eigenvalue weighted by molar-refractivity contribution is -0.138. The lowest BCUT2D eigenvalue weighted by atomic mass is 10.1. The minimum atomic E-state index is -4.72. The number of aromatic nitrogens is 1. The lowest BCUT2D eigenvalue weighted by Crippen LogP contribution is -2.48. The summed E-state index contributed by atoms with van der Waals surface area (Å²) in [6.45, 7) is 9.33. The Balaban J connectivity index is 1.18. The molecule has 4 aromatic rings. The van der Waals surface area contributed by atoms with E-state index >= 15 is 0 Å². The number of piperazine rings is 1. The number of hydrogen-bond donors (Lipinski definition) is 1. The van der Waals surface area contributed by atoms with Crippen LogP contribution in [0.2, 0.25) is 0 Å². The molecule has 1 fully saturated rings. The van der Waals surface area contributed by atoms with Crippen molar-refractivity contribution in [2.24, 2.45) is 0 Å². The Bertz CT molecular complexity index is 1600. The second kappa shape index (κ2) is 10.8. The highest BCUT2D eigenvalue weighted by molar-refractivity contribution is 5.92. The smallest absolute Gasteiger partial charge is 0.418 e. The number of carbonyl (C=O) groups excluding carboxylic acids is 1. The molecule has 1 aliphatic rings. The first-order valence-electron chi connectivity index (χ1n) is 12.3. The molecule has 0 atom stereocenters. The van der Waals surface area contributed by atoms with Crippen molar-refractivity contribution in [1.82, 2.24) is 9.88 Å². The van der Waals surface area contributed by atoms with Crippen LogP contribution in [0.1, 0.15) is 11.1 Å². The van der Waals surface area contributed by atoms with Crippen LogP contribution in [0.15, 0.2) is 65.1 Å². The fourth-order valence-electron chi connectivity index (χ4n) is 4.54. The maximum Gasteiger partial charge on any atom is 0.418 e. The van der Waals surface area contributed by atoms with Gasteiger partial charge in [-0.05, 0) is 60.7 Å². The summed E-state index contributed by atoms with van der Waals surface area (Å²) in [4.78, 5) is 23.7. The van der Waals surface area contributed by atoms with Gasteiger partial charge < -0.3 is 14.6 Å². The van der Waals surface area contributed by atoms with Gasteiger partial charge in [0.2, 0.25) is 11.8 Å². The summed E-state index contributed by atoms with van der Waals surface area (Å²) in [5.41, 5.74) is -1.01. The van der Waals surface area contributed by atoms with E-state index in [4.69, 9.17) is 11.0 Å². The maximum absolute atomic E-state index is 13.5. The van der Waals surface area contributed by atoms with Gasteiger partial charge in [-0.3, -0.25) is 9.69 Å². The van der Waals surface area contributed by atoms with Crippen LogP contribution in [0.4, 0.5) is 43.4 Å². The molecule has 1 N–H and O–H groups in total. The Labute approximate surface area is 229 Å². The number of carbonyl (C=O) groups is 1. The Hall–Kier alpha value is -4.57. The van der Waals surface area contributed by atoms with E-state index in [0.29, 0.717) is 43.1 Å². The van der Waals surface area contributed by atoms with Crippen LogP contribution in [0.5, 0.6) is 0 Å². The normalized spacial score (nSPS) is 14.7. The molecule has 1 saturated heterocycles. The van der Waals surface area contributed by atoms with Gasteiger partial charge in [-0.25, -0.2) is 9.83 Å². The second-order valence-electron chi connectivity index (χ2n) is 9.40. The van der Waals surface area contributed by atoms with Gasteiger partial charge in [-0.15, -0.1) is 0 Å². The Morgan fingerprint density at radius 3 is 2.17 bits per heavy atom. The van der Waals surface area contributed by atoms with E-state index in [-0.39, 0.29) is 29.5 Å². The van der Waals surface area contributed by atoms with Crippen molar-refractivity contribution >= 4 is 34.1 Å². The van der Waals surface area contributed by atoms with Crippen LogP contribution >= 0.6 is 0 Å². The number of halogens is 6. The molecule has 5 rings (SSSR count). The summed E-state index contributed by atoms with van der Waals surface area (Å²) < 4.78 is 84.2. The fourth-order valence-corrected chi connectivity index (χ4v) is 4.54. The fraction of sp³-hybridized carbons (Fsp3) is 0.250. The van der Waals surface area contributed by atoms with Crippen molar-refractivity contribution in [2.75, 3.05) is 42.9 Å². The van der Waals surface area contributed by atoms with Crippen molar-refractivity contribution in [1.29, 1.82) is 0 Å². The van der Waals surface area contributed by atoms with Gasteiger partial charge in [-0.1, -0.05) is 0 Å². The Kier molecular flexibility index (Phi) is 7.35. The number of alkyl halides is 6. The molecule has 0 bridgehead atoms. The van der Waals surface area contributed by atoms with Crippen molar-refractivity contribution < 1.29 is 35.6 Å². The van der Waals surface area contributed by atoms with E-state index in [0.717, 1.165) is 18.2 Å². The minimum absolute atomic E-state index is 0.0589. The Morgan fingerprint density at radius 1 is 0.927 bits per heavy atom. The van der Waals surface area contributed by atoms with E-state index in [9.17, 15) is 31.1 Å². The zero-order chi connectivity index (χ0) is 29.4. The summed E-state index contributed by atoms with van der Waals surface area (Å²) in [5.74, 6) is -0.333. The van der Waals surface area contributed by atoms with Gasteiger partial charge in [0.15, 0.2) is 11.3 Å². The maximum atomic E-state index is 13.5. The number of rotatable bonds is 5. The van der Waals surface area contributed by atoms with Gasteiger partial charge in [-0.2, -0.15) is 26.3 Å². The molecule has 1 aliphatic heterocycles. The van der Waals surface area contributed by atoms with Gasteiger partial charge in [0.25, 0.3) is 0 Å². The van der Waals surface area contributed by atoms with Gasteiger partial charge in [0, 0.05) is 43.1 Å². The van der Waals surface area contributed by atoms with Crippen LogP contribution in [-0.2, 0) is 17.1 Å². The van der Waals surface area contributed by atoms with E-state index in [1.165, 1.54) is 18.2 Å². The average Bonchev–Trinajstić information content (AvgIpc) is 3.36. The molecule has 0 saturated carbocycles. The van der Waals surface area contributed by atoms with Crippen molar-refractivity contribution in [3.05, 3.63) is 83.2 Å². The topological polar surface area (TPSA) is 66.0 Å². The molecular formula is C28H21F6N5O2. The van der Waals surface area contributed by atoms with Crippen molar-refractivity contribution in [3.8, 4) is 11.5 Å². The monoisotopic (exact) mass is 573 g/mol. The number of nitrogens with zero attached hydrogens (tertiary/aromatic N) is 4. The zero-order valence-electron chi connectivity index (χ0n) is 21.2. The largest absolute Gasteiger partial charge is 0.436 e. The number of oxazole rings is 1. The van der Waals surface area contributed by atoms with E-state index in [2.05, 4.69) is 15.1 Å². The number of nitrogens with one attached hydrogen (secondary N) is 1. The number of amides is 1. The average molecular weight is 573 g/mol. The summed E-state index contributed by atoms with van der Waals surface area (Å²) in [5, 5.41) is 2.77. The van der Waals surface area contributed by atoms with E-state index in [1.54, 1.807) is 24.3 Å². The van der Waals surface area contributed by atoms with Crippen LogP contribution < -0.4 is 10.2 Å². The molecular weight excluding hydrogens is 552 g/mol. The highest BCUT2D eigenvalue weighted by Gasteiger charge is 2.35. The van der Waals surface area contributed by atoms with Gasteiger partial charge >= 0.3 is 12.4 Å². The van der Waals surface area contributed by atoms with Crippen LogP contribution in [0.25, 0.3) is 27.4 Å². The first kappa shape index (κ1) is 28.0. The van der Waals surface area contributed by atoms with Crippen LogP contribution in [-0.4, -0.2) is 48.5 Å². The third-order valence-corrected chi connectivity index (χ3v) is 6.62. The van der Waals surface area contributed by atoms with E-state index in [1.807, 2.05) is 9.80 Å². The molecule has 13 heteroatoms. The standard InChI is InChI=1S/C28H21F6N5O2/c1-35-20-14-22(28(32,33)34)25-23(15-20)37-26(41-25)17-2-6-19(7-3-17)36-24(40)16-38-10-12-39(13-11-38)21-8-4-18(5-9-21)27(29,30)31/h2-9,14-15H,10-13,16H2,(H,36,40). The molecule has 7 nitrogen and oxygen atoms in total. The summed E-state index contributed by atoms with van der Waals surface area (Å²) >= 11 is 0. The number of fused-ring (bicyclic) bond motifs is 1. The van der Waals surface area contributed by atoms with Crippen LogP contribution in [0.3, 0.4) is 0 Å². The summed E-state index contributed by atoms with van der Waals surface area (Å²) in [6, 6.07) is 13.2. The highest BCUT2D eigenvalue weighted by atomic mass is 19.4. The number of hydrogen-bond acceptors (Lipinski definition) is 5. The molecule has 0 unspecified atom stereocenters. The first-order valence-corrected chi connectivity index (χ1v) is 12.3. The predicted octanol–water partition coefficient (Wildman–Crippen LogP) is 6.84. The minimum Gasteiger partial charge on any atom is -0.436 e. The number of benzene rings is 3. The summed E-state index contributed by atoms with van der Waals surface area (Å²) in [7, 11) is 0. The second-order valence-corrected chi connectivity index (χ2v) is 9.40. The first-order chi connectivity index (χ1) is 19.4. The quantitative estimate of drug-likeness (QED) is 0.209. The van der Waals surface area contributed by atoms with Crippen molar-refractivity contribution in [2.45, 2.75) is 12.4 Å². The molecule has 0 radical (unpaired) electrons. The molecule has 212 valence electrons. The SMILES string of the molecule is [C-]#[N+]c1cc(C(F)(F)F)c2oc(-c3ccc(NC(=O)CN4CCN(c5ccc(C(F)(F)F)cc5)CC4)cc3)nc2c1. The van der Waals surface area contributed by atoms with E-state index < -0.39 is 29.1 Å². The predicted molar refractivity (Wildman–Crippen MR) is 139 cm³/mol. The van der Waals surface area contributed by atoms with Crippen molar-refractivity contribution in [3.63, 3.8) is 0 Å². The molecule has 3 aromatic carbocycles. The third-order valence-electron chi connectivity index (χ3n) is 6.62.